The maximum absolute atomic E-state index is 10.8. The van der Waals surface area contributed by atoms with Crippen LogP contribution in [0.1, 0.15) is 24.1 Å². The fourth-order valence-electron chi connectivity index (χ4n) is 2.61. The van der Waals surface area contributed by atoms with E-state index in [0.29, 0.717) is 0 Å². The molecule has 100 valence electrons. The Kier molecular flexibility index (Phi) is 3.62. The van der Waals surface area contributed by atoms with Gasteiger partial charge >= 0.3 is 0 Å². The molecule has 2 aliphatic rings. The van der Waals surface area contributed by atoms with Gasteiger partial charge in [-0.15, -0.1) is 0 Å². The first-order valence-corrected chi connectivity index (χ1v) is 5.86. The van der Waals surface area contributed by atoms with Gasteiger partial charge in [0.05, 0.1) is 18.2 Å². The Morgan fingerprint density at radius 2 is 2.21 bits per heavy atom. The maximum atomic E-state index is 10.8. The molecule has 1 aromatic rings. The van der Waals surface area contributed by atoms with Gasteiger partial charge in [-0.2, -0.15) is 0 Å². The number of fused-ring (bicyclic) bond motifs is 3. The van der Waals surface area contributed by atoms with Crippen LogP contribution < -0.4 is 24.0 Å². The van der Waals surface area contributed by atoms with Crippen molar-refractivity contribution in [2.75, 3.05) is 7.05 Å². The van der Waals surface area contributed by atoms with Crippen LogP contribution >= 0.6 is 0 Å². The number of hydrogen-bond acceptors (Lipinski definition) is 3. The van der Waals surface area contributed by atoms with Crippen LogP contribution in [0, 0.1) is 10.1 Å². The molecule has 0 aromatic heterocycles. The lowest BCUT2D eigenvalue weighted by Crippen LogP contribution is -3.00. The Balaban J connectivity index is 0.00000133. The predicted octanol–water partition coefficient (Wildman–Crippen LogP) is -0.956. The molecule has 2 heterocycles. The minimum absolute atomic E-state index is 0. The van der Waals surface area contributed by atoms with E-state index in [1.807, 2.05) is 19.3 Å². The fraction of sp³-hybridized carbons (Fsp3) is 0.308. The summed E-state index contributed by atoms with van der Waals surface area (Å²) in [5.41, 5.74) is 2.39. The summed E-state index contributed by atoms with van der Waals surface area (Å²) in [5, 5.41) is 10.8. The molecule has 0 saturated heterocycles. The third kappa shape index (κ3) is 2.13. The van der Waals surface area contributed by atoms with E-state index in [2.05, 4.69) is 22.5 Å². The van der Waals surface area contributed by atoms with Crippen LogP contribution in [0.5, 0.6) is 0 Å². The monoisotopic (exact) mass is 371 g/mol. The maximum Gasteiger partial charge on any atom is 0.269 e. The van der Waals surface area contributed by atoms with E-state index >= 15 is 0 Å². The van der Waals surface area contributed by atoms with Crippen LogP contribution in [0.2, 0.25) is 0 Å². The standard InChI is InChI=1S/C13H14N3O2.HI/c1-9-14(2)6-5-13-12-7-11(16(17)18)4-3-10(12)8-15(9)13;/h3-7,13H,8H2,1-2H3;1H/q+1;/p-1. The minimum Gasteiger partial charge on any atom is -1.00 e. The minimum atomic E-state index is -0.335. The lowest BCUT2D eigenvalue weighted by atomic mass is 10.0. The third-order valence-electron chi connectivity index (χ3n) is 3.75. The number of amidine groups is 1. The second-order valence-electron chi connectivity index (χ2n) is 4.71. The van der Waals surface area contributed by atoms with Gasteiger partial charge in [-0.25, -0.2) is 4.90 Å². The Morgan fingerprint density at radius 1 is 1.47 bits per heavy atom. The Labute approximate surface area is 128 Å². The van der Waals surface area contributed by atoms with Gasteiger partial charge < -0.3 is 24.0 Å². The number of non-ortho nitro benzene ring substituents is 1. The zero-order chi connectivity index (χ0) is 12.9. The SMILES string of the molecule is CC1=[N+]2Cc3ccc([N+](=O)[O-])cc3C2C=CN1C.[I-]. The molecule has 0 fully saturated rings. The quantitative estimate of drug-likeness (QED) is 0.277. The number of nitro groups is 1. The van der Waals surface area contributed by atoms with Crippen LogP contribution in [0.15, 0.2) is 30.5 Å². The molecular formula is C13H14IN3O2. The number of nitro benzene ring substituents is 1. The largest absolute Gasteiger partial charge is 1.00 e. The second-order valence-corrected chi connectivity index (χ2v) is 4.71. The van der Waals surface area contributed by atoms with Gasteiger partial charge in [0, 0.05) is 36.3 Å². The van der Waals surface area contributed by atoms with E-state index in [9.17, 15) is 10.1 Å². The summed E-state index contributed by atoms with van der Waals surface area (Å²) in [6.45, 7) is 2.88. The summed E-state index contributed by atoms with van der Waals surface area (Å²) in [6, 6.07) is 5.28. The van der Waals surface area contributed by atoms with Crippen molar-refractivity contribution < 1.29 is 33.5 Å². The van der Waals surface area contributed by atoms with Gasteiger partial charge in [0.15, 0.2) is 0 Å². The highest BCUT2D eigenvalue weighted by atomic mass is 127. The van der Waals surface area contributed by atoms with Gasteiger partial charge in [-0.1, -0.05) is 0 Å². The molecule has 6 heteroatoms. The van der Waals surface area contributed by atoms with Crippen molar-refractivity contribution >= 4 is 11.5 Å². The highest BCUT2D eigenvalue weighted by Gasteiger charge is 2.35. The normalized spacial score (nSPS) is 19.9. The molecule has 0 bridgehead atoms. The molecule has 2 aliphatic heterocycles. The van der Waals surface area contributed by atoms with Gasteiger partial charge in [0.2, 0.25) is 5.84 Å². The number of nitrogens with zero attached hydrogens (tertiary/aromatic N) is 3. The molecule has 1 aromatic carbocycles. The van der Waals surface area contributed by atoms with Crippen LogP contribution in [-0.4, -0.2) is 27.3 Å². The molecule has 3 rings (SSSR count). The van der Waals surface area contributed by atoms with E-state index in [1.165, 1.54) is 11.4 Å². The van der Waals surface area contributed by atoms with Crippen molar-refractivity contribution in [3.05, 3.63) is 51.7 Å². The Bertz CT molecular complexity index is 610. The fourth-order valence-corrected chi connectivity index (χ4v) is 2.61. The van der Waals surface area contributed by atoms with Crippen LogP contribution in [-0.2, 0) is 6.54 Å². The topological polar surface area (TPSA) is 49.4 Å². The van der Waals surface area contributed by atoms with E-state index in [-0.39, 0.29) is 40.6 Å². The van der Waals surface area contributed by atoms with Crippen molar-refractivity contribution in [2.45, 2.75) is 19.5 Å². The van der Waals surface area contributed by atoms with Crippen molar-refractivity contribution in [3.63, 3.8) is 0 Å². The first kappa shape index (κ1) is 14.0. The number of benzene rings is 1. The van der Waals surface area contributed by atoms with E-state index < -0.39 is 0 Å². The average Bonchev–Trinajstić information content (AvgIpc) is 2.72. The van der Waals surface area contributed by atoms with E-state index in [1.54, 1.807) is 12.1 Å². The molecule has 1 unspecified atom stereocenters. The van der Waals surface area contributed by atoms with E-state index in [0.717, 1.165) is 12.1 Å². The molecule has 0 aliphatic carbocycles. The molecule has 1 atom stereocenters. The van der Waals surface area contributed by atoms with Crippen molar-refractivity contribution in [3.8, 4) is 0 Å². The lowest BCUT2D eigenvalue weighted by Gasteiger charge is -2.19. The van der Waals surface area contributed by atoms with Gasteiger partial charge in [-0.3, -0.25) is 14.7 Å². The summed E-state index contributed by atoms with van der Waals surface area (Å²) >= 11 is 0. The van der Waals surface area contributed by atoms with Crippen molar-refractivity contribution in [1.82, 2.24) is 4.90 Å². The van der Waals surface area contributed by atoms with Crippen LogP contribution in [0.4, 0.5) is 5.69 Å². The number of rotatable bonds is 1. The van der Waals surface area contributed by atoms with Gasteiger partial charge in [0.1, 0.15) is 12.6 Å². The molecule has 0 saturated carbocycles. The molecular weight excluding hydrogens is 357 g/mol. The Morgan fingerprint density at radius 3 is 2.89 bits per heavy atom. The van der Waals surface area contributed by atoms with Crippen LogP contribution in [0.3, 0.4) is 0 Å². The summed E-state index contributed by atoms with van der Waals surface area (Å²) in [4.78, 5) is 12.6. The molecule has 0 N–H and O–H groups in total. The number of hydrogen-bond donors (Lipinski definition) is 0. The zero-order valence-electron chi connectivity index (χ0n) is 10.7. The molecule has 0 spiro atoms. The first-order chi connectivity index (χ1) is 8.58. The van der Waals surface area contributed by atoms with Crippen LogP contribution in [0.25, 0.3) is 0 Å². The molecule has 19 heavy (non-hydrogen) atoms. The van der Waals surface area contributed by atoms with Gasteiger partial charge in [0.25, 0.3) is 5.69 Å². The smallest absolute Gasteiger partial charge is 0.269 e. The average molecular weight is 371 g/mol. The zero-order valence-corrected chi connectivity index (χ0v) is 12.9. The first-order valence-electron chi connectivity index (χ1n) is 5.86. The highest BCUT2D eigenvalue weighted by Crippen LogP contribution is 2.35. The number of halogens is 1. The summed E-state index contributed by atoms with van der Waals surface area (Å²) in [5.74, 6) is 1.17. The second kappa shape index (κ2) is 4.92. The summed E-state index contributed by atoms with van der Waals surface area (Å²) in [6.07, 6.45) is 4.10. The highest BCUT2D eigenvalue weighted by molar-refractivity contribution is 5.76. The van der Waals surface area contributed by atoms with Gasteiger partial charge in [-0.05, 0) is 6.07 Å². The summed E-state index contributed by atoms with van der Waals surface area (Å²) < 4.78 is 2.26. The summed E-state index contributed by atoms with van der Waals surface area (Å²) in [7, 11) is 2.01. The van der Waals surface area contributed by atoms with Crippen molar-refractivity contribution in [1.29, 1.82) is 0 Å². The Hall–Kier alpha value is -1.44. The molecule has 0 amide bonds. The van der Waals surface area contributed by atoms with Crippen molar-refractivity contribution in [2.24, 2.45) is 0 Å². The molecule has 5 nitrogen and oxygen atoms in total. The lowest BCUT2D eigenvalue weighted by molar-refractivity contribution is -0.571. The predicted molar refractivity (Wildman–Crippen MR) is 67.4 cm³/mol. The third-order valence-corrected chi connectivity index (χ3v) is 3.75. The van der Waals surface area contributed by atoms with E-state index in [4.69, 9.17) is 0 Å². The molecule has 0 radical (unpaired) electrons.